The van der Waals surface area contributed by atoms with E-state index in [1.807, 2.05) is 62.4 Å². The highest BCUT2D eigenvalue weighted by Gasteiger charge is 2.17. The minimum Gasteiger partial charge on any atom is -0.484 e. The third-order valence-corrected chi connectivity index (χ3v) is 3.88. The van der Waals surface area contributed by atoms with Gasteiger partial charge in [0.05, 0.1) is 12.5 Å². The van der Waals surface area contributed by atoms with Crippen molar-refractivity contribution in [1.29, 1.82) is 0 Å². The fourth-order valence-corrected chi connectivity index (χ4v) is 2.76. The lowest BCUT2D eigenvalue weighted by atomic mass is 10.0. The van der Waals surface area contributed by atoms with Crippen LogP contribution in [0.1, 0.15) is 36.1 Å². The molecule has 3 N–H and O–H groups in total. The van der Waals surface area contributed by atoms with E-state index in [2.05, 4.69) is 16.2 Å². The van der Waals surface area contributed by atoms with Crippen molar-refractivity contribution in [2.24, 2.45) is 0 Å². The predicted octanol–water partition coefficient (Wildman–Crippen LogP) is 2.10. The van der Waals surface area contributed by atoms with Gasteiger partial charge in [-0.3, -0.25) is 25.2 Å². The monoisotopic (exact) mass is 383 g/mol. The zero-order valence-electron chi connectivity index (χ0n) is 16.2. The van der Waals surface area contributed by atoms with E-state index in [0.717, 1.165) is 16.7 Å². The second-order valence-corrected chi connectivity index (χ2v) is 6.58. The zero-order valence-corrected chi connectivity index (χ0v) is 16.2. The lowest BCUT2D eigenvalue weighted by Gasteiger charge is -2.18. The normalized spacial score (nSPS) is 11.2. The maximum atomic E-state index is 12.2. The number of carbonyl (C=O) groups excluding carboxylic acids is 3. The minimum atomic E-state index is -0.484. The number of carbonyl (C=O) groups is 3. The van der Waals surface area contributed by atoms with Crippen molar-refractivity contribution in [2.75, 3.05) is 6.61 Å². The van der Waals surface area contributed by atoms with E-state index in [-0.39, 0.29) is 18.9 Å². The highest BCUT2D eigenvalue weighted by molar-refractivity contribution is 5.83. The molecule has 0 fully saturated rings. The first-order valence-electron chi connectivity index (χ1n) is 8.94. The Balaban J connectivity index is 1.82. The van der Waals surface area contributed by atoms with Crippen molar-refractivity contribution < 1.29 is 19.1 Å². The number of nitrogens with one attached hydrogen (secondary N) is 3. The van der Waals surface area contributed by atoms with E-state index in [0.29, 0.717) is 5.75 Å². The van der Waals surface area contributed by atoms with E-state index in [4.69, 9.17) is 4.74 Å². The highest BCUT2D eigenvalue weighted by atomic mass is 16.5. The summed E-state index contributed by atoms with van der Waals surface area (Å²) in [7, 11) is 0. The molecule has 7 nitrogen and oxygen atoms in total. The van der Waals surface area contributed by atoms with Gasteiger partial charge in [0.15, 0.2) is 6.61 Å². The van der Waals surface area contributed by atoms with Gasteiger partial charge < -0.3 is 10.1 Å². The van der Waals surface area contributed by atoms with Crippen molar-refractivity contribution >= 4 is 17.7 Å². The van der Waals surface area contributed by atoms with Crippen LogP contribution in [0.25, 0.3) is 0 Å². The standard InChI is InChI=1S/C21H25N3O4/c1-14-9-15(2)11-18(10-14)28-13-21(27)24-23-20(26)12-19(22-16(3)25)17-7-5-4-6-8-17/h4-11,19H,12-13H2,1-3H3,(H,22,25)(H,23,26)(H,24,27)/t19-/m0/s1. The van der Waals surface area contributed by atoms with Gasteiger partial charge in [0, 0.05) is 6.92 Å². The molecule has 0 saturated carbocycles. The summed E-state index contributed by atoms with van der Waals surface area (Å²) in [6.45, 7) is 5.05. The second kappa shape index (κ2) is 10.1. The Bertz CT molecular complexity index is 817. The Morgan fingerprint density at radius 1 is 0.929 bits per heavy atom. The van der Waals surface area contributed by atoms with Crippen molar-refractivity contribution in [3.63, 3.8) is 0 Å². The molecule has 0 spiro atoms. The molecule has 148 valence electrons. The Morgan fingerprint density at radius 2 is 1.54 bits per heavy atom. The van der Waals surface area contributed by atoms with E-state index in [9.17, 15) is 14.4 Å². The minimum absolute atomic E-state index is 0.0121. The average molecular weight is 383 g/mol. The molecule has 3 amide bonds. The summed E-state index contributed by atoms with van der Waals surface area (Å²) in [6, 6.07) is 14.3. The molecule has 0 heterocycles. The van der Waals surface area contributed by atoms with E-state index >= 15 is 0 Å². The van der Waals surface area contributed by atoms with Crippen LogP contribution >= 0.6 is 0 Å². The summed E-state index contributed by atoms with van der Waals surface area (Å²) in [5.41, 5.74) is 7.54. The fourth-order valence-electron chi connectivity index (χ4n) is 2.76. The van der Waals surface area contributed by atoms with Gasteiger partial charge in [-0.15, -0.1) is 0 Å². The highest BCUT2D eigenvalue weighted by Crippen LogP contribution is 2.17. The molecule has 0 aliphatic heterocycles. The third kappa shape index (κ3) is 7.11. The van der Waals surface area contributed by atoms with Crippen LogP contribution in [0.2, 0.25) is 0 Å². The molecule has 28 heavy (non-hydrogen) atoms. The molecule has 1 atom stereocenters. The van der Waals surface area contributed by atoms with Crippen LogP contribution < -0.4 is 20.9 Å². The number of hydrogen-bond donors (Lipinski definition) is 3. The Kier molecular flexibility index (Phi) is 7.56. The summed E-state index contributed by atoms with van der Waals surface area (Å²) in [5.74, 6) is -0.563. The number of benzene rings is 2. The Labute approximate surface area is 164 Å². The third-order valence-electron chi connectivity index (χ3n) is 3.88. The number of rotatable bonds is 7. The van der Waals surface area contributed by atoms with E-state index in [1.165, 1.54) is 6.92 Å². The Hall–Kier alpha value is -3.35. The number of aryl methyl sites for hydroxylation is 2. The molecule has 0 aliphatic carbocycles. The molecule has 2 rings (SSSR count). The summed E-state index contributed by atoms with van der Waals surface area (Å²) in [5, 5.41) is 2.73. The molecule has 7 heteroatoms. The summed E-state index contributed by atoms with van der Waals surface area (Å²) in [6.07, 6.45) is -0.0121. The van der Waals surface area contributed by atoms with Crippen LogP contribution in [0.4, 0.5) is 0 Å². The number of hydrazine groups is 1. The first kappa shape index (κ1) is 21.0. The van der Waals surface area contributed by atoms with Crippen LogP contribution in [-0.2, 0) is 14.4 Å². The van der Waals surface area contributed by atoms with Gasteiger partial charge in [0.25, 0.3) is 5.91 Å². The van der Waals surface area contributed by atoms with E-state index < -0.39 is 17.9 Å². The van der Waals surface area contributed by atoms with Gasteiger partial charge in [-0.25, -0.2) is 0 Å². The van der Waals surface area contributed by atoms with E-state index in [1.54, 1.807) is 0 Å². The van der Waals surface area contributed by atoms with Gasteiger partial charge in [-0.05, 0) is 42.7 Å². The first-order valence-corrected chi connectivity index (χ1v) is 8.94. The largest absolute Gasteiger partial charge is 0.484 e. The lowest BCUT2D eigenvalue weighted by molar-refractivity contribution is -0.130. The molecular formula is C21H25N3O4. The summed E-state index contributed by atoms with van der Waals surface area (Å²) < 4.78 is 5.44. The van der Waals surface area contributed by atoms with Crippen molar-refractivity contribution in [2.45, 2.75) is 33.2 Å². The molecule has 0 bridgehead atoms. The molecule has 2 aromatic rings. The average Bonchev–Trinajstić information content (AvgIpc) is 2.64. The molecule has 0 saturated heterocycles. The maximum absolute atomic E-state index is 12.2. The van der Waals surface area contributed by atoms with Crippen LogP contribution in [0, 0.1) is 13.8 Å². The van der Waals surface area contributed by atoms with Crippen LogP contribution in [-0.4, -0.2) is 24.3 Å². The number of hydrogen-bond acceptors (Lipinski definition) is 4. The second-order valence-electron chi connectivity index (χ2n) is 6.58. The zero-order chi connectivity index (χ0) is 20.5. The predicted molar refractivity (Wildman–Crippen MR) is 105 cm³/mol. The smallest absolute Gasteiger partial charge is 0.276 e. The summed E-state index contributed by atoms with van der Waals surface area (Å²) >= 11 is 0. The molecule has 0 radical (unpaired) electrons. The summed E-state index contributed by atoms with van der Waals surface area (Å²) in [4.78, 5) is 35.5. The first-order chi connectivity index (χ1) is 13.3. The van der Waals surface area contributed by atoms with Crippen LogP contribution in [0.3, 0.4) is 0 Å². The fraction of sp³-hybridized carbons (Fsp3) is 0.286. The topological polar surface area (TPSA) is 96.5 Å². The molecular weight excluding hydrogens is 358 g/mol. The number of amides is 3. The maximum Gasteiger partial charge on any atom is 0.276 e. The van der Waals surface area contributed by atoms with Crippen molar-refractivity contribution in [3.05, 3.63) is 65.2 Å². The molecule has 0 unspecified atom stereocenters. The van der Waals surface area contributed by atoms with Crippen molar-refractivity contribution in [3.8, 4) is 5.75 Å². The molecule has 0 aliphatic rings. The van der Waals surface area contributed by atoms with Gasteiger partial charge in [0.2, 0.25) is 11.8 Å². The van der Waals surface area contributed by atoms with Gasteiger partial charge in [-0.1, -0.05) is 36.4 Å². The molecule has 2 aromatic carbocycles. The van der Waals surface area contributed by atoms with Crippen LogP contribution in [0.5, 0.6) is 5.75 Å². The Morgan fingerprint density at radius 3 is 2.14 bits per heavy atom. The SMILES string of the molecule is CC(=O)N[C@@H](CC(=O)NNC(=O)COc1cc(C)cc(C)c1)c1ccccc1. The van der Waals surface area contributed by atoms with Crippen molar-refractivity contribution in [1.82, 2.24) is 16.2 Å². The van der Waals surface area contributed by atoms with Gasteiger partial charge in [0.1, 0.15) is 5.75 Å². The number of ether oxygens (including phenoxy) is 1. The quantitative estimate of drug-likeness (QED) is 0.638. The van der Waals surface area contributed by atoms with Crippen LogP contribution in [0.15, 0.2) is 48.5 Å². The lowest BCUT2D eigenvalue weighted by Crippen LogP contribution is -2.45. The molecule has 0 aromatic heterocycles. The van der Waals surface area contributed by atoms with Gasteiger partial charge in [-0.2, -0.15) is 0 Å². The van der Waals surface area contributed by atoms with Gasteiger partial charge >= 0.3 is 0 Å².